The van der Waals surface area contributed by atoms with Crippen molar-refractivity contribution in [3.8, 4) is 5.69 Å². The molecule has 2 heterocycles. The molecular weight excluding hydrogens is 490 g/mol. The molecule has 146 valence electrons. The minimum absolute atomic E-state index is 0.0878. The summed E-state index contributed by atoms with van der Waals surface area (Å²) in [4.78, 5) is 30.3. The molecule has 0 N–H and O–H groups in total. The number of carbonyl (C=O) groups excluding carboxylic acids is 1. The first-order valence-electron chi connectivity index (χ1n) is 8.55. The zero-order valence-corrected chi connectivity index (χ0v) is 19.1. The largest absolute Gasteiger partial charge is 0.292 e. The van der Waals surface area contributed by atoms with Crippen LogP contribution in [0.1, 0.15) is 10.4 Å². The third-order valence-electron chi connectivity index (χ3n) is 4.26. The average molecular weight is 504 g/mol. The summed E-state index contributed by atoms with van der Waals surface area (Å²) < 4.78 is 3.72. The van der Waals surface area contributed by atoms with Gasteiger partial charge in [0.1, 0.15) is 8.86 Å². The van der Waals surface area contributed by atoms with E-state index in [-0.39, 0.29) is 11.3 Å². The molecule has 1 atom stereocenters. The van der Waals surface area contributed by atoms with Crippen LogP contribution in [0.15, 0.2) is 70.6 Å². The number of nitrogens with zero attached hydrogens (tertiary/aromatic N) is 3. The van der Waals surface area contributed by atoms with E-state index in [1.54, 1.807) is 23.7 Å². The van der Waals surface area contributed by atoms with Gasteiger partial charge in [0.25, 0.3) is 5.56 Å². The van der Waals surface area contributed by atoms with Crippen LogP contribution in [0.5, 0.6) is 0 Å². The number of hydrogen-bond donors (Lipinski definition) is 0. The van der Waals surface area contributed by atoms with Crippen molar-refractivity contribution in [3.05, 3.63) is 80.5 Å². The highest BCUT2D eigenvalue weighted by atomic mass is 79.9. The molecule has 2 aromatic heterocycles. The maximum Gasteiger partial charge on any atom is 0.273 e. The van der Waals surface area contributed by atoms with Crippen LogP contribution in [-0.2, 0) is 7.05 Å². The average Bonchev–Trinajstić information content (AvgIpc) is 3.08. The zero-order valence-electron chi connectivity index (χ0n) is 15.1. The number of thioether (sulfide) groups is 1. The topological polar surface area (TPSA) is 56.9 Å². The molecule has 0 aliphatic heterocycles. The van der Waals surface area contributed by atoms with Gasteiger partial charge < -0.3 is 0 Å². The van der Waals surface area contributed by atoms with Gasteiger partial charge in [0.15, 0.2) is 20.5 Å². The number of fused-ring (bicyclic) bond motifs is 1. The molecule has 0 saturated carbocycles. The Kier molecular flexibility index (Phi) is 5.82. The van der Waals surface area contributed by atoms with Crippen LogP contribution < -0.4 is 5.56 Å². The van der Waals surface area contributed by atoms with Gasteiger partial charge in [-0.15, -0.1) is 0 Å². The number of Topliss-reactive ketones (excluding diaryl/α,β-unsaturated/α-hetero) is 1. The van der Waals surface area contributed by atoms with Gasteiger partial charge in [-0.2, -0.15) is 0 Å². The van der Waals surface area contributed by atoms with E-state index in [4.69, 9.17) is 17.2 Å². The van der Waals surface area contributed by atoms with Crippen LogP contribution in [0.2, 0.25) is 0 Å². The Morgan fingerprint density at radius 3 is 2.41 bits per heavy atom. The molecule has 2 aromatic carbocycles. The van der Waals surface area contributed by atoms with E-state index in [2.05, 4.69) is 15.9 Å². The number of thiazole rings is 1. The molecule has 0 amide bonds. The molecule has 4 aromatic rings. The van der Waals surface area contributed by atoms with Crippen molar-refractivity contribution in [2.24, 2.45) is 7.05 Å². The Hall–Kier alpha value is -2.07. The van der Waals surface area contributed by atoms with Crippen LogP contribution in [-0.4, -0.2) is 24.1 Å². The van der Waals surface area contributed by atoms with E-state index in [1.165, 1.54) is 27.7 Å². The lowest BCUT2D eigenvalue weighted by atomic mass is 10.2. The van der Waals surface area contributed by atoms with Crippen molar-refractivity contribution >= 4 is 67.4 Å². The fraction of sp³-hybridized carbons (Fsp3) is 0.100. The van der Waals surface area contributed by atoms with Gasteiger partial charge in [-0.05, 0) is 24.4 Å². The highest BCUT2D eigenvalue weighted by molar-refractivity contribution is 9.11. The second kappa shape index (κ2) is 8.35. The molecule has 0 saturated heterocycles. The number of carbonyl (C=O) groups is 1. The molecule has 1 unspecified atom stereocenters. The fourth-order valence-corrected chi connectivity index (χ4v) is 5.73. The van der Waals surface area contributed by atoms with Gasteiger partial charge in [0.05, 0.1) is 0 Å². The fourth-order valence-electron chi connectivity index (χ4n) is 2.80. The van der Waals surface area contributed by atoms with E-state index < -0.39 is 4.16 Å². The Morgan fingerprint density at radius 2 is 1.76 bits per heavy atom. The normalized spacial score (nSPS) is 12.2. The third kappa shape index (κ3) is 3.87. The molecule has 29 heavy (non-hydrogen) atoms. The lowest BCUT2D eigenvalue weighted by Gasteiger charge is -2.12. The number of hydrogen-bond acceptors (Lipinski definition) is 6. The lowest BCUT2D eigenvalue weighted by Crippen LogP contribution is -2.21. The van der Waals surface area contributed by atoms with Crippen molar-refractivity contribution in [2.45, 2.75) is 9.32 Å². The van der Waals surface area contributed by atoms with Gasteiger partial charge in [0, 0.05) is 18.3 Å². The van der Waals surface area contributed by atoms with E-state index in [0.717, 1.165) is 5.69 Å². The molecule has 4 rings (SSSR count). The zero-order chi connectivity index (χ0) is 20.5. The van der Waals surface area contributed by atoms with Crippen LogP contribution in [0, 0.1) is 3.95 Å². The quantitative estimate of drug-likeness (QED) is 0.123. The maximum absolute atomic E-state index is 12.9. The highest BCUT2D eigenvalue weighted by Crippen LogP contribution is 2.30. The summed E-state index contributed by atoms with van der Waals surface area (Å²) in [6, 6.07) is 18.6. The van der Waals surface area contributed by atoms with Crippen molar-refractivity contribution in [1.29, 1.82) is 0 Å². The van der Waals surface area contributed by atoms with Gasteiger partial charge in [-0.3, -0.25) is 18.7 Å². The number of benzene rings is 2. The summed E-state index contributed by atoms with van der Waals surface area (Å²) in [5, 5.41) is 0.436. The lowest BCUT2D eigenvalue weighted by molar-refractivity contribution is 0.101. The van der Waals surface area contributed by atoms with Crippen molar-refractivity contribution < 1.29 is 4.79 Å². The number of para-hydroxylation sites is 1. The summed E-state index contributed by atoms with van der Waals surface area (Å²) in [6.07, 6.45) is 0. The summed E-state index contributed by atoms with van der Waals surface area (Å²) in [6.45, 7) is 0. The van der Waals surface area contributed by atoms with Crippen molar-refractivity contribution in [1.82, 2.24) is 14.1 Å². The Morgan fingerprint density at radius 1 is 1.14 bits per heavy atom. The standard InChI is InChI=1S/C20H14BrN3O2S3/c1-23-18(26)15-17(24(20(27)28-15)13-10-6-3-7-11-13)22-19(23)29-16(21)14(25)12-8-4-2-5-9-12/h2-11,16H,1H3. The minimum atomic E-state index is -0.577. The van der Waals surface area contributed by atoms with Crippen LogP contribution in [0.4, 0.5) is 0 Å². The van der Waals surface area contributed by atoms with Gasteiger partial charge in [0.2, 0.25) is 0 Å². The molecule has 9 heteroatoms. The number of halogens is 1. The van der Waals surface area contributed by atoms with E-state index in [9.17, 15) is 9.59 Å². The second-order valence-electron chi connectivity index (χ2n) is 6.11. The van der Waals surface area contributed by atoms with E-state index >= 15 is 0 Å². The summed E-state index contributed by atoms with van der Waals surface area (Å²) in [7, 11) is 1.65. The summed E-state index contributed by atoms with van der Waals surface area (Å²) in [5.41, 5.74) is 1.76. The Balaban J connectivity index is 1.79. The predicted molar refractivity (Wildman–Crippen MR) is 124 cm³/mol. The monoisotopic (exact) mass is 503 g/mol. The first-order chi connectivity index (χ1) is 14.0. The Labute approximate surface area is 188 Å². The third-order valence-corrected chi connectivity index (χ3v) is 7.59. The van der Waals surface area contributed by atoms with Crippen LogP contribution in [0.3, 0.4) is 0 Å². The number of ketones is 1. The van der Waals surface area contributed by atoms with Crippen LogP contribution >= 0.6 is 51.2 Å². The second-order valence-corrected chi connectivity index (χ2v) is 10.4. The molecule has 0 spiro atoms. The highest BCUT2D eigenvalue weighted by Gasteiger charge is 2.22. The molecular formula is C20H14BrN3O2S3. The Bertz CT molecular complexity index is 1310. The summed E-state index contributed by atoms with van der Waals surface area (Å²) >= 11 is 11.4. The maximum atomic E-state index is 12.9. The van der Waals surface area contributed by atoms with Gasteiger partial charge >= 0.3 is 0 Å². The SMILES string of the molecule is Cn1c(SC(Br)C(=O)c2ccccc2)nc2c(sc(=S)n2-c2ccccc2)c1=O. The molecule has 5 nitrogen and oxygen atoms in total. The number of aromatic nitrogens is 3. The van der Waals surface area contributed by atoms with Crippen LogP contribution in [0.25, 0.3) is 16.0 Å². The van der Waals surface area contributed by atoms with Crippen molar-refractivity contribution in [2.75, 3.05) is 0 Å². The molecule has 0 bridgehead atoms. The molecule has 0 radical (unpaired) electrons. The molecule has 0 aliphatic rings. The van der Waals surface area contributed by atoms with E-state index in [1.807, 2.05) is 48.5 Å². The smallest absolute Gasteiger partial charge is 0.273 e. The molecule has 0 fully saturated rings. The molecule has 0 aliphatic carbocycles. The summed E-state index contributed by atoms with van der Waals surface area (Å²) in [5.74, 6) is -0.0878. The minimum Gasteiger partial charge on any atom is -0.292 e. The number of alkyl halides is 1. The number of rotatable bonds is 5. The predicted octanol–water partition coefficient (Wildman–Crippen LogP) is 5.21. The van der Waals surface area contributed by atoms with Gasteiger partial charge in [-0.1, -0.05) is 87.6 Å². The van der Waals surface area contributed by atoms with Crippen molar-refractivity contribution in [3.63, 3.8) is 0 Å². The first-order valence-corrected chi connectivity index (χ1v) is 11.6. The van der Waals surface area contributed by atoms with E-state index in [0.29, 0.717) is 25.0 Å². The first kappa shape index (κ1) is 20.2. The van der Waals surface area contributed by atoms with Gasteiger partial charge in [-0.25, -0.2) is 4.98 Å².